The largest absolute Gasteiger partial charge is 0.348 e. The van der Waals surface area contributed by atoms with Gasteiger partial charge in [0.15, 0.2) is 6.29 Å². The summed E-state index contributed by atoms with van der Waals surface area (Å²) in [4.78, 5) is 0. The summed E-state index contributed by atoms with van der Waals surface area (Å²) in [5, 5.41) is 0. The highest BCUT2D eigenvalue weighted by Crippen LogP contribution is 2.26. The summed E-state index contributed by atoms with van der Waals surface area (Å²) in [5.41, 5.74) is 2.48. The average molecular weight is 178 g/mol. The van der Waals surface area contributed by atoms with Crippen LogP contribution in [0.2, 0.25) is 0 Å². The Hall–Kier alpha value is -0.860. The Labute approximate surface area is 78.5 Å². The molecule has 1 aliphatic rings. The molecule has 70 valence electrons. The molecule has 0 bridgehead atoms. The van der Waals surface area contributed by atoms with Crippen molar-refractivity contribution in [2.75, 3.05) is 0 Å². The number of ether oxygens (including phenoxy) is 2. The molecule has 1 aromatic carbocycles. The summed E-state index contributed by atoms with van der Waals surface area (Å²) < 4.78 is 11.1. The van der Waals surface area contributed by atoms with Gasteiger partial charge in [0.25, 0.3) is 0 Å². The number of rotatable bonds is 0. The van der Waals surface area contributed by atoms with Crippen LogP contribution >= 0.6 is 0 Å². The van der Waals surface area contributed by atoms with Crippen molar-refractivity contribution in [2.45, 2.75) is 32.8 Å². The van der Waals surface area contributed by atoms with Crippen LogP contribution in [0.3, 0.4) is 0 Å². The monoisotopic (exact) mass is 178 g/mol. The van der Waals surface area contributed by atoms with E-state index < -0.39 is 0 Å². The number of hydrogen-bond acceptors (Lipinski definition) is 2. The first kappa shape index (κ1) is 8.73. The van der Waals surface area contributed by atoms with Crippen LogP contribution in [-0.2, 0) is 16.1 Å². The summed E-state index contributed by atoms with van der Waals surface area (Å²) in [6.45, 7) is 4.65. The second kappa shape index (κ2) is 3.48. The first-order chi connectivity index (χ1) is 6.27. The normalized spacial score (nSPS) is 27.8. The van der Waals surface area contributed by atoms with E-state index in [1.807, 2.05) is 19.1 Å². The van der Waals surface area contributed by atoms with E-state index in [2.05, 4.69) is 19.1 Å². The fourth-order valence-corrected chi connectivity index (χ4v) is 1.67. The summed E-state index contributed by atoms with van der Waals surface area (Å²) in [7, 11) is 0. The van der Waals surface area contributed by atoms with E-state index in [4.69, 9.17) is 9.47 Å². The SMILES string of the molecule is CC1OCc2ccccc2C(C)O1. The maximum absolute atomic E-state index is 5.62. The van der Waals surface area contributed by atoms with Crippen molar-refractivity contribution < 1.29 is 9.47 Å². The summed E-state index contributed by atoms with van der Waals surface area (Å²) >= 11 is 0. The minimum absolute atomic E-state index is 0.109. The van der Waals surface area contributed by atoms with E-state index in [-0.39, 0.29) is 12.4 Å². The Morgan fingerprint density at radius 3 is 2.85 bits per heavy atom. The lowest BCUT2D eigenvalue weighted by Gasteiger charge is -2.14. The molecule has 2 nitrogen and oxygen atoms in total. The number of fused-ring (bicyclic) bond motifs is 1. The summed E-state index contributed by atoms with van der Waals surface area (Å²) in [5.74, 6) is 0. The molecule has 1 aliphatic heterocycles. The molecule has 2 heteroatoms. The van der Waals surface area contributed by atoms with Crippen LogP contribution in [0.5, 0.6) is 0 Å². The zero-order chi connectivity index (χ0) is 9.26. The van der Waals surface area contributed by atoms with Crippen molar-refractivity contribution in [1.82, 2.24) is 0 Å². The highest BCUT2D eigenvalue weighted by Gasteiger charge is 2.18. The van der Waals surface area contributed by atoms with Gasteiger partial charge in [-0.2, -0.15) is 0 Å². The minimum Gasteiger partial charge on any atom is -0.348 e. The summed E-state index contributed by atoms with van der Waals surface area (Å²) in [6.07, 6.45) is 0.0242. The molecule has 0 saturated heterocycles. The van der Waals surface area contributed by atoms with Crippen molar-refractivity contribution in [3.63, 3.8) is 0 Å². The molecular weight excluding hydrogens is 164 g/mol. The lowest BCUT2D eigenvalue weighted by molar-refractivity contribution is -0.154. The van der Waals surface area contributed by atoms with Gasteiger partial charge in [-0.25, -0.2) is 0 Å². The van der Waals surface area contributed by atoms with Crippen LogP contribution in [0, 0.1) is 0 Å². The van der Waals surface area contributed by atoms with Gasteiger partial charge in [-0.1, -0.05) is 24.3 Å². The highest BCUT2D eigenvalue weighted by atomic mass is 16.7. The molecule has 2 rings (SSSR count). The third-order valence-corrected chi connectivity index (χ3v) is 2.36. The highest BCUT2D eigenvalue weighted by molar-refractivity contribution is 5.28. The van der Waals surface area contributed by atoms with E-state index in [0.717, 1.165) is 0 Å². The van der Waals surface area contributed by atoms with E-state index in [0.29, 0.717) is 6.61 Å². The van der Waals surface area contributed by atoms with E-state index in [9.17, 15) is 0 Å². The maximum atomic E-state index is 5.62. The van der Waals surface area contributed by atoms with Crippen LogP contribution in [0.15, 0.2) is 24.3 Å². The lowest BCUT2D eigenvalue weighted by Crippen LogP contribution is -2.10. The third-order valence-electron chi connectivity index (χ3n) is 2.36. The van der Waals surface area contributed by atoms with Gasteiger partial charge in [0.1, 0.15) is 0 Å². The Morgan fingerprint density at radius 1 is 1.23 bits per heavy atom. The van der Waals surface area contributed by atoms with Gasteiger partial charge in [-0.15, -0.1) is 0 Å². The molecule has 0 N–H and O–H groups in total. The third kappa shape index (κ3) is 1.74. The first-order valence-corrected chi connectivity index (χ1v) is 4.62. The van der Waals surface area contributed by atoms with Crippen molar-refractivity contribution in [1.29, 1.82) is 0 Å². The Bertz CT molecular complexity index is 296. The molecule has 13 heavy (non-hydrogen) atoms. The van der Waals surface area contributed by atoms with Crippen LogP contribution in [0.25, 0.3) is 0 Å². The Kier molecular flexibility index (Phi) is 2.34. The zero-order valence-electron chi connectivity index (χ0n) is 7.99. The van der Waals surface area contributed by atoms with Gasteiger partial charge in [-0.05, 0) is 25.0 Å². The number of hydrogen-bond donors (Lipinski definition) is 0. The predicted molar refractivity (Wildman–Crippen MR) is 50.2 cm³/mol. The van der Waals surface area contributed by atoms with E-state index >= 15 is 0 Å². The van der Waals surface area contributed by atoms with Crippen molar-refractivity contribution in [2.24, 2.45) is 0 Å². The van der Waals surface area contributed by atoms with Gasteiger partial charge < -0.3 is 9.47 Å². The molecule has 2 atom stereocenters. The molecule has 0 amide bonds. The number of benzene rings is 1. The van der Waals surface area contributed by atoms with Crippen molar-refractivity contribution in [3.05, 3.63) is 35.4 Å². The zero-order valence-corrected chi connectivity index (χ0v) is 7.99. The fourth-order valence-electron chi connectivity index (χ4n) is 1.67. The van der Waals surface area contributed by atoms with Crippen LogP contribution in [0.1, 0.15) is 31.1 Å². The van der Waals surface area contributed by atoms with Gasteiger partial charge in [0.05, 0.1) is 12.7 Å². The molecule has 0 saturated carbocycles. The lowest BCUT2D eigenvalue weighted by atomic mass is 10.0. The molecule has 2 unspecified atom stereocenters. The summed E-state index contributed by atoms with van der Waals surface area (Å²) in [6, 6.07) is 8.26. The van der Waals surface area contributed by atoms with Crippen molar-refractivity contribution >= 4 is 0 Å². The smallest absolute Gasteiger partial charge is 0.156 e. The maximum Gasteiger partial charge on any atom is 0.156 e. The van der Waals surface area contributed by atoms with Gasteiger partial charge in [-0.3, -0.25) is 0 Å². The first-order valence-electron chi connectivity index (χ1n) is 4.62. The molecule has 0 aromatic heterocycles. The molecule has 0 aliphatic carbocycles. The predicted octanol–water partition coefficient (Wildman–Crippen LogP) is 2.64. The van der Waals surface area contributed by atoms with Crippen LogP contribution in [-0.4, -0.2) is 6.29 Å². The van der Waals surface area contributed by atoms with Gasteiger partial charge >= 0.3 is 0 Å². The van der Waals surface area contributed by atoms with E-state index in [1.165, 1.54) is 11.1 Å². The topological polar surface area (TPSA) is 18.5 Å². The molecule has 0 radical (unpaired) electrons. The molecule has 1 heterocycles. The molecule has 0 fully saturated rings. The van der Waals surface area contributed by atoms with Gasteiger partial charge in [0, 0.05) is 0 Å². The molecule has 0 spiro atoms. The second-order valence-corrected chi connectivity index (χ2v) is 3.36. The van der Waals surface area contributed by atoms with Crippen LogP contribution in [0.4, 0.5) is 0 Å². The Morgan fingerprint density at radius 2 is 2.00 bits per heavy atom. The minimum atomic E-state index is -0.109. The van der Waals surface area contributed by atoms with Gasteiger partial charge in [0.2, 0.25) is 0 Å². The second-order valence-electron chi connectivity index (χ2n) is 3.36. The Balaban J connectivity index is 2.35. The quantitative estimate of drug-likeness (QED) is 0.608. The molecule has 1 aromatic rings. The van der Waals surface area contributed by atoms with E-state index in [1.54, 1.807) is 0 Å². The molecular formula is C11H14O2. The average Bonchev–Trinajstić information content (AvgIpc) is 2.27. The fraction of sp³-hybridized carbons (Fsp3) is 0.455. The van der Waals surface area contributed by atoms with Crippen LogP contribution < -0.4 is 0 Å². The van der Waals surface area contributed by atoms with Crippen molar-refractivity contribution in [3.8, 4) is 0 Å². The standard InChI is InChI=1S/C11H14O2/c1-8-11-6-4-3-5-10(11)7-12-9(2)13-8/h3-6,8-9H,7H2,1-2H3.